The second-order valence-corrected chi connectivity index (χ2v) is 9.31. The number of hydrogen-bond acceptors (Lipinski definition) is 7. The second-order valence-electron chi connectivity index (χ2n) is 8.92. The minimum atomic E-state index is -3.23. The van der Waals surface area contributed by atoms with Crippen LogP contribution in [0.25, 0.3) is 0 Å². The monoisotopic (exact) mass is 490 g/mol. The number of allylic oxidation sites excluding steroid dienone is 3. The van der Waals surface area contributed by atoms with Crippen LogP contribution in [-0.4, -0.2) is 45.8 Å². The number of fused-ring (bicyclic) bond motifs is 1. The van der Waals surface area contributed by atoms with Gasteiger partial charge in [0.1, 0.15) is 22.3 Å². The van der Waals surface area contributed by atoms with Gasteiger partial charge in [-0.15, -0.1) is 0 Å². The quantitative estimate of drug-likeness (QED) is 0.547. The van der Waals surface area contributed by atoms with Gasteiger partial charge in [0.05, 0.1) is 29.4 Å². The maximum Gasteiger partial charge on any atom is 0.293 e. The summed E-state index contributed by atoms with van der Waals surface area (Å²) in [4.78, 5) is 17.3. The van der Waals surface area contributed by atoms with Crippen LogP contribution in [0, 0.1) is 5.92 Å². The largest absolute Gasteiger partial charge is 0.372 e. The van der Waals surface area contributed by atoms with Crippen molar-refractivity contribution in [1.82, 2.24) is 14.9 Å². The van der Waals surface area contributed by atoms with Crippen LogP contribution in [0.4, 0.5) is 14.5 Å². The Labute approximate surface area is 200 Å². The predicted octanol–water partition coefficient (Wildman–Crippen LogP) is 3.24. The summed E-state index contributed by atoms with van der Waals surface area (Å²) in [6.45, 7) is 5.46. The SMILES string of the molecule is C=C(NC1=C(C2(OC)CC2)N2N=C(Cl)C3C(N=C1)C32)Nc1cc(C(F)(F)/C=C/C)cn(C)c1=O. The standard InChI is InChI=1S/C23H25ClF2N6O2/c1-5-6-23(25,26)13-9-14(21(33)31(3)11-13)28-12(2)29-15-10-27-17-16-18(17)32(30-20(16)24)19(15)22(34-4)7-8-22/h5-6,9-11,16-18,28-29H,2,7-8H2,1,3-4H3/b6-5+. The van der Waals surface area contributed by atoms with Gasteiger partial charge < -0.3 is 19.9 Å². The third-order valence-corrected chi connectivity index (χ3v) is 6.93. The zero-order valence-corrected chi connectivity index (χ0v) is 19.7. The molecule has 5 rings (SSSR count). The van der Waals surface area contributed by atoms with Crippen molar-refractivity contribution in [1.29, 1.82) is 0 Å². The minimum absolute atomic E-state index is 0.0195. The molecule has 0 spiro atoms. The first-order chi connectivity index (χ1) is 16.1. The number of aromatic nitrogens is 1. The Bertz CT molecular complexity index is 1250. The smallest absolute Gasteiger partial charge is 0.293 e. The number of hydrogen-bond donors (Lipinski definition) is 2. The number of methoxy groups -OCH3 is 1. The number of rotatable bonds is 8. The van der Waals surface area contributed by atoms with E-state index in [4.69, 9.17) is 16.3 Å². The van der Waals surface area contributed by atoms with E-state index in [1.165, 1.54) is 20.0 Å². The number of nitrogens with zero attached hydrogens (tertiary/aromatic N) is 4. The molecule has 2 aliphatic carbocycles. The van der Waals surface area contributed by atoms with E-state index < -0.39 is 17.1 Å². The van der Waals surface area contributed by atoms with Crippen molar-refractivity contribution < 1.29 is 13.5 Å². The van der Waals surface area contributed by atoms with E-state index in [1.807, 2.05) is 5.01 Å². The molecule has 180 valence electrons. The highest BCUT2D eigenvalue weighted by Crippen LogP contribution is 2.56. The second kappa shape index (κ2) is 7.78. The van der Waals surface area contributed by atoms with Gasteiger partial charge in [-0.1, -0.05) is 24.3 Å². The van der Waals surface area contributed by atoms with Gasteiger partial charge >= 0.3 is 0 Å². The number of pyridine rings is 1. The Morgan fingerprint density at radius 1 is 1.41 bits per heavy atom. The summed E-state index contributed by atoms with van der Waals surface area (Å²) < 4.78 is 35.9. The molecule has 0 saturated heterocycles. The maximum atomic E-state index is 14.5. The highest BCUT2D eigenvalue weighted by atomic mass is 35.5. The number of aliphatic imine (C=N–C) groups is 1. The first-order valence-corrected chi connectivity index (χ1v) is 11.3. The number of anilines is 1. The van der Waals surface area contributed by atoms with E-state index in [9.17, 15) is 13.6 Å². The molecule has 2 saturated carbocycles. The Morgan fingerprint density at radius 3 is 2.79 bits per heavy atom. The van der Waals surface area contributed by atoms with Crippen LogP contribution in [-0.2, 0) is 17.7 Å². The van der Waals surface area contributed by atoms with Gasteiger partial charge in [-0.25, -0.2) is 0 Å². The molecule has 2 aliphatic heterocycles. The zero-order valence-electron chi connectivity index (χ0n) is 19.0. The summed E-state index contributed by atoms with van der Waals surface area (Å²) >= 11 is 6.34. The van der Waals surface area contributed by atoms with E-state index in [-0.39, 0.29) is 35.1 Å². The molecule has 0 aromatic carbocycles. The van der Waals surface area contributed by atoms with Crippen LogP contribution in [0.3, 0.4) is 0 Å². The van der Waals surface area contributed by atoms with Crippen LogP contribution in [0.1, 0.15) is 25.3 Å². The Kier molecular flexibility index (Phi) is 5.21. The fraction of sp³-hybridized carbons (Fsp3) is 0.435. The highest BCUT2D eigenvalue weighted by Gasteiger charge is 2.65. The van der Waals surface area contributed by atoms with Crippen molar-refractivity contribution >= 4 is 28.7 Å². The van der Waals surface area contributed by atoms with Crippen molar-refractivity contribution in [3.8, 4) is 0 Å². The first kappa shape index (κ1) is 22.8. The molecule has 0 amide bonds. The van der Waals surface area contributed by atoms with E-state index >= 15 is 0 Å². The van der Waals surface area contributed by atoms with Crippen LogP contribution >= 0.6 is 11.6 Å². The Balaban J connectivity index is 1.45. The van der Waals surface area contributed by atoms with Crippen LogP contribution in [0.15, 0.2) is 63.1 Å². The lowest BCUT2D eigenvalue weighted by Crippen LogP contribution is -2.35. The average Bonchev–Trinajstić information content (AvgIpc) is 3.67. The topological polar surface area (TPSA) is 83.2 Å². The summed E-state index contributed by atoms with van der Waals surface area (Å²) in [6.07, 6.45) is 6.50. The molecule has 2 N–H and O–H groups in total. The molecule has 0 bridgehead atoms. The molecule has 3 atom stereocenters. The molecule has 3 unspecified atom stereocenters. The molecule has 11 heteroatoms. The van der Waals surface area contributed by atoms with E-state index in [2.05, 4.69) is 27.3 Å². The molecule has 3 heterocycles. The van der Waals surface area contributed by atoms with Gasteiger partial charge in [-0.2, -0.15) is 13.9 Å². The highest BCUT2D eigenvalue weighted by molar-refractivity contribution is 6.66. The number of aryl methyl sites for hydroxylation is 1. The first-order valence-electron chi connectivity index (χ1n) is 10.9. The third kappa shape index (κ3) is 3.56. The molecule has 34 heavy (non-hydrogen) atoms. The number of halogens is 3. The fourth-order valence-corrected chi connectivity index (χ4v) is 5.00. The average molecular weight is 491 g/mol. The minimum Gasteiger partial charge on any atom is -0.372 e. The summed E-state index contributed by atoms with van der Waals surface area (Å²) in [5.74, 6) is -2.92. The summed E-state index contributed by atoms with van der Waals surface area (Å²) in [6, 6.07) is 1.21. The van der Waals surface area contributed by atoms with Crippen LogP contribution < -0.4 is 16.2 Å². The van der Waals surface area contributed by atoms with Crippen molar-refractivity contribution in [2.75, 3.05) is 12.4 Å². The number of ether oxygens (including phenoxy) is 1. The Morgan fingerprint density at radius 2 is 2.15 bits per heavy atom. The maximum absolute atomic E-state index is 14.5. The van der Waals surface area contributed by atoms with Gasteiger partial charge in [0.25, 0.3) is 11.5 Å². The van der Waals surface area contributed by atoms with Crippen molar-refractivity contribution in [2.45, 2.75) is 43.4 Å². The molecule has 1 aromatic heterocycles. The van der Waals surface area contributed by atoms with Gasteiger partial charge in [-0.05, 0) is 31.9 Å². The van der Waals surface area contributed by atoms with Gasteiger partial charge in [0.2, 0.25) is 0 Å². The number of nitrogens with one attached hydrogen (secondary N) is 2. The van der Waals surface area contributed by atoms with Crippen molar-refractivity contribution in [3.05, 3.63) is 64.1 Å². The molecule has 0 radical (unpaired) electrons. The normalized spacial score (nSPS) is 26.4. The van der Waals surface area contributed by atoms with Gasteiger partial charge in [0.15, 0.2) is 0 Å². The van der Waals surface area contributed by atoms with Crippen molar-refractivity contribution in [3.63, 3.8) is 0 Å². The van der Waals surface area contributed by atoms with Crippen LogP contribution in [0.2, 0.25) is 0 Å². The molecular weight excluding hydrogens is 466 g/mol. The van der Waals surface area contributed by atoms with E-state index in [1.54, 1.807) is 13.3 Å². The third-order valence-electron chi connectivity index (χ3n) is 6.61. The fourth-order valence-electron chi connectivity index (χ4n) is 4.66. The summed E-state index contributed by atoms with van der Waals surface area (Å²) in [5.41, 5.74) is 0.0580. The Hall–Kier alpha value is -2.98. The van der Waals surface area contributed by atoms with Gasteiger partial charge in [0, 0.05) is 32.1 Å². The lowest BCUT2D eigenvalue weighted by Gasteiger charge is -2.28. The molecule has 2 fully saturated rings. The number of hydrazone groups is 1. The lowest BCUT2D eigenvalue weighted by atomic mass is 10.1. The van der Waals surface area contributed by atoms with Gasteiger partial charge in [-0.3, -0.25) is 14.8 Å². The zero-order chi connectivity index (χ0) is 24.4. The van der Waals surface area contributed by atoms with E-state index in [0.717, 1.165) is 41.4 Å². The summed E-state index contributed by atoms with van der Waals surface area (Å²) in [5, 5.41) is 12.9. The number of alkyl halides is 2. The molecule has 1 aromatic rings. The predicted molar refractivity (Wildman–Crippen MR) is 127 cm³/mol. The lowest BCUT2D eigenvalue weighted by molar-refractivity contribution is 0.0513. The molecular formula is C23H25ClF2N6O2. The van der Waals surface area contributed by atoms with E-state index in [0.29, 0.717) is 10.9 Å². The van der Waals surface area contributed by atoms with Crippen molar-refractivity contribution in [2.24, 2.45) is 23.1 Å². The van der Waals surface area contributed by atoms with Crippen LogP contribution in [0.5, 0.6) is 0 Å². The molecule has 8 nitrogen and oxygen atoms in total. The summed E-state index contributed by atoms with van der Waals surface area (Å²) in [7, 11) is 3.07. The molecule has 4 aliphatic rings.